The Kier molecular flexibility index (Phi) is 4.46. The van der Waals surface area contributed by atoms with Crippen molar-refractivity contribution < 1.29 is 0 Å². The Morgan fingerprint density at radius 1 is 1.22 bits per heavy atom. The van der Waals surface area contributed by atoms with Crippen LogP contribution in [0, 0.1) is 0 Å². The number of aliphatic imine (C=N–C) groups is 1. The SMILES string of the molecule is CCC1(CC)CSC(Nc2cc(Cl)cc(Cl)c2)=N1. The fraction of sp³-hybridized carbons (Fsp3) is 0.462. The third-order valence-electron chi connectivity index (χ3n) is 3.25. The van der Waals surface area contributed by atoms with Crippen LogP contribution >= 0.6 is 35.0 Å². The lowest BCUT2D eigenvalue weighted by Crippen LogP contribution is -2.24. The van der Waals surface area contributed by atoms with Gasteiger partial charge in [-0.2, -0.15) is 0 Å². The second kappa shape index (κ2) is 5.72. The zero-order valence-corrected chi connectivity index (χ0v) is 12.8. The first-order valence-corrected chi connectivity index (χ1v) is 7.77. The topological polar surface area (TPSA) is 24.4 Å². The van der Waals surface area contributed by atoms with E-state index in [2.05, 4.69) is 19.2 Å². The molecule has 0 unspecified atom stereocenters. The van der Waals surface area contributed by atoms with Crippen LogP contribution in [0.5, 0.6) is 0 Å². The van der Waals surface area contributed by atoms with E-state index in [4.69, 9.17) is 28.2 Å². The van der Waals surface area contributed by atoms with Crippen molar-refractivity contribution in [3.63, 3.8) is 0 Å². The highest BCUT2D eigenvalue weighted by Gasteiger charge is 2.32. The van der Waals surface area contributed by atoms with Gasteiger partial charge in [0, 0.05) is 21.5 Å². The normalized spacial score (nSPS) is 17.7. The third kappa shape index (κ3) is 3.14. The maximum absolute atomic E-state index is 5.98. The van der Waals surface area contributed by atoms with Crippen molar-refractivity contribution in [2.45, 2.75) is 32.2 Å². The lowest BCUT2D eigenvalue weighted by Gasteiger charge is -2.20. The molecule has 98 valence electrons. The number of halogens is 2. The van der Waals surface area contributed by atoms with E-state index in [-0.39, 0.29) is 5.54 Å². The minimum Gasteiger partial charge on any atom is -0.335 e. The van der Waals surface area contributed by atoms with Crippen LogP contribution in [0.4, 0.5) is 5.69 Å². The van der Waals surface area contributed by atoms with Gasteiger partial charge in [-0.3, -0.25) is 4.99 Å². The van der Waals surface area contributed by atoms with E-state index >= 15 is 0 Å². The largest absolute Gasteiger partial charge is 0.335 e. The quantitative estimate of drug-likeness (QED) is 0.843. The molecule has 5 heteroatoms. The number of benzene rings is 1. The number of hydrogen-bond donors (Lipinski definition) is 1. The summed E-state index contributed by atoms with van der Waals surface area (Å²) in [6, 6.07) is 5.43. The molecule has 1 N–H and O–H groups in total. The molecule has 0 atom stereocenters. The standard InChI is InChI=1S/C13H16Cl2N2S/c1-3-13(4-2)8-18-12(17-13)16-11-6-9(14)5-10(15)7-11/h5-7H,3-4,8H2,1-2H3,(H,16,17). The van der Waals surface area contributed by atoms with Gasteiger partial charge in [0.1, 0.15) is 0 Å². The lowest BCUT2D eigenvalue weighted by molar-refractivity contribution is 0.456. The highest BCUT2D eigenvalue weighted by molar-refractivity contribution is 8.14. The molecule has 0 saturated carbocycles. The third-order valence-corrected chi connectivity index (χ3v) is 4.83. The highest BCUT2D eigenvalue weighted by atomic mass is 35.5. The fourth-order valence-corrected chi connectivity index (χ4v) is 3.76. The molecule has 0 saturated heterocycles. The molecule has 1 aliphatic rings. The maximum atomic E-state index is 5.98. The lowest BCUT2D eigenvalue weighted by atomic mass is 9.97. The Labute approximate surface area is 122 Å². The van der Waals surface area contributed by atoms with Crippen LogP contribution in [0.25, 0.3) is 0 Å². The van der Waals surface area contributed by atoms with Crippen LogP contribution in [0.3, 0.4) is 0 Å². The zero-order valence-electron chi connectivity index (χ0n) is 10.5. The Hall–Kier alpha value is -0.380. The second-order valence-corrected chi connectivity index (χ2v) is 6.26. The van der Waals surface area contributed by atoms with Crippen molar-refractivity contribution >= 4 is 45.8 Å². The van der Waals surface area contributed by atoms with Crippen LogP contribution in [-0.4, -0.2) is 16.5 Å². The first kappa shape index (κ1) is 14.0. The van der Waals surface area contributed by atoms with Gasteiger partial charge in [0.15, 0.2) is 5.17 Å². The summed E-state index contributed by atoms with van der Waals surface area (Å²) in [7, 11) is 0. The average molecular weight is 303 g/mol. The summed E-state index contributed by atoms with van der Waals surface area (Å²) in [5.74, 6) is 1.04. The van der Waals surface area contributed by atoms with Crippen molar-refractivity contribution in [2.24, 2.45) is 4.99 Å². The molecule has 0 bridgehead atoms. The predicted molar refractivity (Wildman–Crippen MR) is 83.3 cm³/mol. The minimum atomic E-state index is 0.0926. The van der Waals surface area contributed by atoms with Crippen LogP contribution in [0.2, 0.25) is 10.0 Å². The van der Waals surface area contributed by atoms with Gasteiger partial charge in [0.05, 0.1) is 5.54 Å². The van der Waals surface area contributed by atoms with E-state index in [1.54, 1.807) is 17.8 Å². The van der Waals surface area contributed by atoms with Gasteiger partial charge in [-0.05, 0) is 31.0 Å². The maximum Gasteiger partial charge on any atom is 0.161 e. The second-order valence-electron chi connectivity index (χ2n) is 4.42. The molecule has 0 amide bonds. The van der Waals surface area contributed by atoms with Crippen molar-refractivity contribution in [2.75, 3.05) is 11.1 Å². The van der Waals surface area contributed by atoms with Crippen molar-refractivity contribution in [3.05, 3.63) is 28.2 Å². The molecular formula is C13H16Cl2N2S. The smallest absolute Gasteiger partial charge is 0.161 e. The summed E-state index contributed by atoms with van der Waals surface area (Å²) in [4.78, 5) is 4.79. The molecule has 2 rings (SSSR count). The molecule has 1 heterocycles. The Balaban J connectivity index is 2.15. The van der Waals surface area contributed by atoms with E-state index in [9.17, 15) is 0 Å². The number of nitrogens with zero attached hydrogens (tertiary/aromatic N) is 1. The Bertz CT molecular complexity index is 450. The summed E-state index contributed by atoms with van der Waals surface area (Å²) in [6.07, 6.45) is 2.13. The molecule has 1 aromatic carbocycles. The van der Waals surface area contributed by atoms with E-state index < -0.39 is 0 Å². The van der Waals surface area contributed by atoms with E-state index in [1.807, 2.05) is 12.1 Å². The molecule has 0 fully saturated rings. The first-order valence-electron chi connectivity index (χ1n) is 6.02. The molecular weight excluding hydrogens is 287 g/mol. The number of thioether (sulfide) groups is 1. The number of nitrogens with one attached hydrogen (secondary N) is 1. The van der Waals surface area contributed by atoms with Gasteiger partial charge in [-0.1, -0.05) is 48.8 Å². The monoisotopic (exact) mass is 302 g/mol. The summed E-state index contributed by atoms with van der Waals surface area (Å²) >= 11 is 13.7. The summed E-state index contributed by atoms with van der Waals surface area (Å²) in [5.41, 5.74) is 0.983. The molecule has 0 aliphatic carbocycles. The van der Waals surface area contributed by atoms with Crippen LogP contribution in [0.1, 0.15) is 26.7 Å². The summed E-state index contributed by atoms with van der Waals surface area (Å²) < 4.78 is 0. The van der Waals surface area contributed by atoms with E-state index in [1.165, 1.54) is 0 Å². The average Bonchev–Trinajstić information content (AvgIpc) is 2.72. The van der Waals surface area contributed by atoms with Gasteiger partial charge in [-0.15, -0.1) is 0 Å². The van der Waals surface area contributed by atoms with Gasteiger partial charge in [-0.25, -0.2) is 0 Å². The van der Waals surface area contributed by atoms with Gasteiger partial charge in [0.25, 0.3) is 0 Å². The van der Waals surface area contributed by atoms with Gasteiger partial charge < -0.3 is 5.32 Å². The van der Waals surface area contributed by atoms with Crippen LogP contribution in [-0.2, 0) is 0 Å². The van der Waals surface area contributed by atoms with E-state index in [0.29, 0.717) is 10.0 Å². The number of anilines is 1. The van der Waals surface area contributed by atoms with Gasteiger partial charge in [0.2, 0.25) is 0 Å². The molecule has 18 heavy (non-hydrogen) atoms. The zero-order chi connectivity index (χ0) is 13.2. The molecule has 0 spiro atoms. The van der Waals surface area contributed by atoms with Crippen molar-refractivity contribution in [1.29, 1.82) is 0 Å². The predicted octanol–water partition coefficient (Wildman–Crippen LogP) is 5.07. The minimum absolute atomic E-state index is 0.0926. The number of amidine groups is 1. The summed E-state index contributed by atoms with van der Waals surface area (Å²) in [5, 5.41) is 5.51. The Morgan fingerprint density at radius 3 is 2.33 bits per heavy atom. The van der Waals surface area contributed by atoms with Crippen LogP contribution in [0.15, 0.2) is 23.2 Å². The van der Waals surface area contributed by atoms with E-state index in [0.717, 1.165) is 29.4 Å². The Morgan fingerprint density at radius 2 is 1.83 bits per heavy atom. The van der Waals surface area contributed by atoms with Crippen molar-refractivity contribution in [1.82, 2.24) is 0 Å². The number of rotatable bonds is 3. The molecule has 0 radical (unpaired) electrons. The van der Waals surface area contributed by atoms with Gasteiger partial charge >= 0.3 is 0 Å². The highest BCUT2D eigenvalue weighted by Crippen LogP contribution is 2.34. The molecule has 1 aliphatic heterocycles. The molecule has 0 aromatic heterocycles. The summed E-state index contributed by atoms with van der Waals surface area (Å²) in [6.45, 7) is 4.37. The molecule has 1 aromatic rings. The first-order chi connectivity index (χ1) is 8.57. The number of hydrogen-bond acceptors (Lipinski definition) is 3. The fourth-order valence-electron chi connectivity index (χ4n) is 1.91. The van der Waals surface area contributed by atoms with Crippen LogP contribution < -0.4 is 5.32 Å². The van der Waals surface area contributed by atoms with Crippen molar-refractivity contribution in [3.8, 4) is 0 Å². The molecule has 2 nitrogen and oxygen atoms in total.